The van der Waals surface area contributed by atoms with Crippen LogP contribution in [0.25, 0.3) is 0 Å². The number of benzene rings is 1. The highest BCUT2D eigenvalue weighted by molar-refractivity contribution is 5.50. The Morgan fingerprint density at radius 3 is 2.71 bits per heavy atom. The number of aliphatic hydroxyl groups excluding tert-OH is 1. The number of aliphatic hydroxyl groups is 1. The van der Waals surface area contributed by atoms with Crippen LogP contribution in [0.1, 0.15) is 24.5 Å². The fraction of sp³-hybridized carbons (Fsp3) is 0.571. The fourth-order valence-corrected chi connectivity index (χ4v) is 1.81. The van der Waals surface area contributed by atoms with E-state index in [0.29, 0.717) is 0 Å². The third kappa shape index (κ3) is 4.36. The van der Waals surface area contributed by atoms with Gasteiger partial charge in [0.15, 0.2) is 0 Å². The molecule has 0 aromatic heterocycles. The van der Waals surface area contributed by atoms with Gasteiger partial charge in [-0.25, -0.2) is 0 Å². The molecule has 0 atom stereocenters. The van der Waals surface area contributed by atoms with Crippen LogP contribution in [-0.4, -0.2) is 31.9 Å². The standard InChI is InChI=1S/C14H24N2O/c1-4-15-11-13-6-7-14(10-12(13)2)16(3)8-5-9-17/h6-7,10,15,17H,4-5,8-9,11H2,1-3H3. The highest BCUT2D eigenvalue weighted by Gasteiger charge is 2.03. The first kappa shape index (κ1) is 14.0. The minimum Gasteiger partial charge on any atom is -0.396 e. The van der Waals surface area contributed by atoms with Gasteiger partial charge in [-0.15, -0.1) is 0 Å². The van der Waals surface area contributed by atoms with Crippen molar-refractivity contribution in [1.29, 1.82) is 0 Å². The van der Waals surface area contributed by atoms with E-state index in [-0.39, 0.29) is 6.61 Å². The average molecular weight is 236 g/mol. The minimum absolute atomic E-state index is 0.252. The van der Waals surface area contributed by atoms with Crippen LogP contribution < -0.4 is 10.2 Å². The van der Waals surface area contributed by atoms with Gasteiger partial charge in [-0.3, -0.25) is 0 Å². The normalized spacial score (nSPS) is 10.6. The van der Waals surface area contributed by atoms with Crippen molar-refractivity contribution < 1.29 is 5.11 Å². The summed E-state index contributed by atoms with van der Waals surface area (Å²) < 4.78 is 0. The lowest BCUT2D eigenvalue weighted by atomic mass is 10.1. The molecule has 1 rings (SSSR count). The molecule has 0 aliphatic heterocycles. The maximum Gasteiger partial charge on any atom is 0.0447 e. The van der Waals surface area contributed by atoms with E-state index in [1.54, 1.807) is 0 Å². The molecule has 1 aromatic rings. The third-order valence-corrected chi connectivity index (χ3v) is 2.98. The highest BCUT2D eigenvalue weighted by Crippen LogP contribution is 2.18. The Morgan fingerprint density at radius 2 is 2.12 bits per heavy atom. The number of hydrogen-bond acceptors (Lipinski definition) is 3. The molecule has 0 aliphatic carbocycles. The van der Waals surface area contributed by atoms with E-state index in [9.17, 15) is 0 Å². The summed E-state index contributed by atoms with van der Waals surface area (Å²) in [7, 11) is 2.06. The van der Waals surface area contributed by atoms with Gasteiger partial charge >= 0.3 is 0 Å². The van der Waals surface area contributed by atoms with E-state index in [0.717, 1.165) is 26.1 Å². The van der Waals surface area contributed by atoms with Gasteiger partial charge in [0.2, 0.25) is 0 Å². The molecule has 0 unspecified atom stereocenters. The van der Waals surface area contributed by atoms with Crippen molar-refractivity contribution in [3.8, 4) is 0 Å². The Bertz CT molecular complexity index is 339. The zero-order valence-electron chi connectivity index (χ0n) is 11.2. The summed E-state index contributed by atoms with van der Waals surface area (Å²) in [6.07, 6.45) is 0.814. The van der Waals surface area contributed by atoms with Gasteiger partial charge in [0.1, 0.15) is 0 Å². The van der Waals surface area contributed by atoms with Crippen LogP contribution in [0.15, 0.2) is 18.2 Å². The second-order valence-corrected chi connectivity index (χ2v) is 4.39. The van der Waals surface area contributed by atoms with Gasteiger partial charge < -0.3 is 15.3 Å². The van der Waals surface area contributed by atoms with E-state index in [1.165, 1.54) is 16.8 Å². The quantitative estimate of drug-likeness (QED) is 0.759. The zero-order valence-corrected chi connectivity index (χ0v) is 11.2. The van der Waals surface area contributed by atoms with Gasteiger partial charge in [-0.1, -0.05) is 13.0 Å². The van der Waals surface area contributed by atoms with E-state index in [4.69, 9.17) is 5.11 Å². The first-order chi connectivity index (χ1) is 8.19. The lowest BCUT2D eigenvalue weighted by molar-refractivity contribution is 0.290. The molecule has 0 amide bonds. The first-order valence-electron chi connectivity index (χ1n) is 6.31. The van der Waals surface area contributed by atoms with Crippen LogP contribution in [0.2, 0.25) is 0 Å². The van der Waals surface area contributed by atoms with Crippen LogP contribution in [0.3, 0.4) is 0 Å². The molecule has 0 aliphatic rings. The number of anilines is 1. The van der Waals surface area contributed by atoms with Crippen molar-refractivity contribution in [3.63, 3.8) is 0 Å². The van der Waals surface area contributed by atoms with Crippen LogP contribution in [0.5, 0.6) is 0 Å². The van der Waals surface area contributed by atoms with Crippen molar-refractivity contribution >= 4 is 5.69 Å². The molecule has 0 fully saturated rings. The summed E-state index contributed by atoms with van der Waals surface area (Å²) in [4.78, 5) is 2.18. The fourth-order valence-electron chi connectivity index (χ4n) is 1.81. The molecule has 17 heavy (non-hydrogen) atoms. The molecule has 3 heteroatoms. The number of nitrogens with one attached hydrogen (secondary N) is 1. The molecule has 0 saturated heterocycles. The SMILES string of the molecule is CCNCc1ccc(N(C)CCCO)cc1C. The summed E-state index contributed by atoms with van der Waals surface area (Å²) in [5, 5.41) is 12.2. The maximum absolute atomic E-state index is 8.82. The molecule has 3 nitrogen and oxygen atoms in total. The predicted molar refractivity (Wildman–Crippen MR) is 73.5 cm³/mol. The highest BCUT2D eigenvalue weighted by atomic mass is 16.3. The smallest absolute Gasteiger partial charge is 0.0447 e. The Hall–Kier alpha value is -1.06. The molecule has 0 bridgehead atoms. The summed E-state index contributed by atoms with van der Waals surface area (Å²) in [5.41, 5.74) is 3.89. The molecule has 0 radical (unpaired) electrons. The van der Waals surface area contributed by atoms with Crippen LogP contribution in [0.4, 0.5) is 5.69 Å². The van der Waals surface area contributed by atoms with Gasteiger partial charge in [0, 0.05) is 32.4 Å². The molecule has 0 saturated carbocycles. The van der Waals surface area contributed by atoms with Crippen molar-refractivity contribution in [2.24, 2.45) is 0 Å². The predicted octanol–water partition coefficient (Wildman–Crippen LogP) is 1.92. The molecule has 1 aromatic carbocycles. The van der Waals surface area contributed by atoms with E-state index in [1.807, 2.05) is 0 Å². The molecule has 0 heterocycles. The largest absolute Gasteiger partial charge is 0.396 e. The number of rotatable bonds is 7. The Balaban J connectivity index is 2.67. The molecule has 2 N–H and O–H groups in total. The van der Waals surface area contributed by atoms with Crippen LogP contribution in [0, 0.1) is 6.92 Å². The number of nitrogens with zero attached hydrogens (tertiary/aromatic N) is 1. The van der Waals surface area contributed by atoms with Crippen molar-refractivity contribution in [1.82, 2.24) is 5.32 Å². The zero-order chi connectivity index (χ0) is 12.7. The topological polar surface area (TPSA) is 35.5 Å². The van der Waals surface area contributed by atoms with Crippen molar-refractivity contribution in [2.45, 2.75) is 26.8 Å². The second-order valence-electron chi connectivity index (χ2n) is 4.39. The van der Waals surface area contributed by atoms with E-state index >= 15 is 0 Å². The monoisotopic (exact) mass is 236 g/mol. The van der Waals surface area contributed by atoms with Gasteiger partial charge in [0.05, 0.1) is 0 Å². The molecule has 0 spiro atoms. The lowest BCUT2D eigenvalue weighted by Crippen LogP contribution is -2.20. The summed E-state index contributed by atoms with van der Waals surface area (Å²) in [6, 6.07) is 6.55. The second kappa shape index (κ2) is 7.30. The maximum atomic E-state index is 8.82. The summed E-state index contributed by atoms with van der Waals surface area (Å²) in [6.45, 7) is 7.34. The minimum atomic E-state index is 0.252. The van der Waals surface area contributed by atoms with Crippen LogP contribution >= 0.6 is 0 Å². The number of aryl methyl sites for hydroxylation is 1. The summed E-state index contributed by atoms with van der Waals surface area (Å²) >= 11 is 0. The molecular formula is C14H24N2O. The van der Waals surface area contributed by atoms with Gasteiger partial charge in [-0.2, -0.15) is 0 Å². The Kier molecular flexibility index (Phi) is 6.01. The third-order valence-electron chi connectivity index (χ3n) is 2.98. The van der Waals surface area contributed by atoms with E-state index in [2.05, 4.69) is 49.3 Å². The first-order valence-corrected chi connectivity index (χ1v) is 6.31. The lowest BCUT2D eigenvalue weighted by Gasteiger charge is -2.20. The van der Waals surface area contributed by atoms with Gasteiger partial charge in [-0.05, 0) is 43.1 Å². The molecule has 96 valence electrons. The Morgan fingerprint density at radius 1 is 1.35 bits per heavy atom. The Labute approximate surface area is 104 Å². The van der Waals surface area contributed by atoms with Crippen molar-refractivity contribution in [2.75, 3.05) is 31.6 Å². The summed E-state index contributed by atoms with van der Waals surface area (Å²) in [5.74, 6) is 0. The van der Waals surface area contributed by atoms with Gasteiger partial charge in [0.25, 0.3) is 0 Å². The van der Waals surface area contributed by atoms with E-state index < -0.39 is 0 Å². The van der Waals surface area contributed by atoms with Crippen molar-refractivity contribution in [3.05, 3.63) is 29.3 Å². The van der Waals surface area contributed by atoms with Crippen LogP contribution in [-0.2, 0) is 6.54 Å². The average Bonchev–Trinajstić information content (AvgIpc) is 2.34. The number of hydrogen-bond donors (Lipinski definition) is 2. The molecular weight excluding hydrogens is 212 g/mol.